The molecular weight excluding hydrogens is 332 g/mol. The van der Waals surface area contributed by atoms with Gasteiger partial charge in [-0.3, -0.25) is 0 Å². The summed E-state index contributed by atoms with van der Waals surface area (Å²) < 4.78 is 5.42. The van der Waals surface area contributed by atoms with Gasteiger partial charge in [-0.15, -0.1) is 0 Å². The average molecular weight is 352 g/mol. The van der Waals surface area contributed by atoms with Crippen LogP contribution >= 0.6 is 0 Å². The predicted molar refractivity (Wildman–Crippen MR) is 99.1 cm³/mol. The molecule has 0 spiro atoms. The van der Waals surface area contributed by atoms with Gasteiger partial charge in [0.2, 0.25) is 5.95 Å². The summed E-state index contributed by atoms with van der Waals surface area (Å²) in [5, 5.41) is 10.0. The number of aromatic nitrogens is 4. The second-order valence-electron chi connectivity index (χ2n) is 6.39. The zero-order valence-electron chi connectivity index (χ0n) is 14.7. The van der Waals surface area contributed by atoms with Gasteiger partial charge in [0.25, 0.3) is 0 Å². The summed E-state index contributed by atoms with van der Waals surface area (Å²) >= 11 is 0. The van der Waals surface area contributed by atoms with Crippen molar-refractivity contribution in [3.05, 3.63) is 29.5 Å². The van der Waals surface area contributed by atoms with Gasteiger partial charge in [0.1, 0.15) is 5.75 Å². The third-order valence-corrected chi connectivity index (χ3v) is 4.50. The van der Waals surface area contributed by atoms with Crippen LogP contribution in [0.5, 0.6) is 5.75 Å². The van der Waals surface area contributed by atoms with Crippen molar-refractivity contribution in [1.82, 2.24) is 19.9 Å². The number of nitrogens with two attached hydrogens (primary N) is 1. The lowest BCUT2D eigenvalue weighted by Gasteiger charge is -2.28. The van der Waals surface area contributed by atoms with Gasteiger partial charge < -0.3 is 20.5 Å². The summed E-state index contributed by atoms with van der Waals surface area (Å²) in [7, 11) is 0. The highest BCUT2D eigenvalue weighted by molar-refractivity contribution is 5.85. The van der Waals surface area contributed by atoms with Gasteiger partial charge >= 0.3 is 0 Å². The molecule has 2 aromatic heterocycles. The van der Waals surface area contributed by atoms with E-state index in [1.807, 2.05) is 26.0 Å². The van der Waals surface area contributed by atoms with Crippen LogP contribution in [-0.2, 0) is 4.74 Å². The van der Waals surface area contributed by atoms with Crippen molar-refractivity contribution in [2.24, 2.45) is 0 Å². The van der Waals surface area contributed by atoms with E-state index < -0.39 is 0 Å². The van der Waals surface area contributed by atoms with E-state index in [-0.39, 0.29) is 5.95 Å². The fourth-order valence-corrected chi connectivity index (χ4v) is 3.15. The Morgan fingerprint density at radius 1 is 1.08 bits per heavy atom. The molecule has 0 amide bonds. The van der Waals surface area contributed by atoms with Crippen molar-refractivity contribution < 1.29 is 9.84 Å². The molecule has 0 bridgehead atoms. The van der Waals surface area contributed by atoms with Crippen molar-refractivity contribution in [3.63, 3.8) is 0 Å². The molecule has 1 aliphatic rings. The van der Waals surface area contributed by atoms with Crippen LogP contribution in [0, 0.1) is 13.8 Å². The molecule has 134 valence electrons. The first-order valence-corrected chi connectivity index (χ1v) is 8.46. The van der Waals surface area contributed by atoms with Crippen molar-refractivity contribution in [3.8, 4) is 17.0 Å². The smallest absolute Gasteiger partial charge is 0.224 e. The Hall–Kier alpha value is -3.00. The van der Waals surface area contributed by atoms with Crippen molar-refractivity contribution in [2.75, 3.05) is 36.9 Å². The number of ether oxygens (including phenoxy) is 1. The normalized spacial score (nSPS) is 14.8. The van der Waals surface area contributed by atoms with Gasteiger partial charge in [-0.25, -0.2) is 9.97 Å². The van der Waals surface area contributed by atoms with Crippen LogP contribution in [0.3, 0.4) is 0 Å². The molecule has 1 aliphatic heterocycles. The lowest BCUT2D eigenvalue weighted by molar-refractivity contribution is 0.122. The highest BCUT2D eigenvalue weighted by Gasteiger charge is 2.19. The quantitative estimate of drug-likeness (QED) is 0.719. The summed E-state index contributed by atoms with van der Waals surface area (Å²) in [5.41, 5.74) is 10.1. The summed E-state index contributed by atoms with van der Waals surface area (Å²) in [6.45, 7) is 6.43. The van der Waals surface area contributed by atoms with Crippen LogP contribution in [0.2, 0.25) is 0 Å². The van der Waals surface area contributed by atoms with E-state index in [2.05, 4.69) is 19.9 Å². The van der Waals surface area contributed by atoms with Crippen LogP contribution in [0.4, 0.5) is 11.8 Å². The largest absolute Gasteiger partial charge is 0.507 e. The number of nitrogen functional groups attached to an aromatic ring is 1. The lowest BCUT2D eigenvalue weighted by atomic mass is 10.0. The van der Waals surface area contributed by atoms with Crippen LogP contribution in [0.25, 0.3) is 22.4 Å². The molecule has 0 unspecified atom stereocenters. The second-order valence-corrected chi connectivity index (χ2v) is 6.39. The molecule has 0 saturated carbocycles. The van der Waals surface area contributed by atoms with E-state index in [1.54, 1.807) is 6.20 Å². The number of phenolic OH excluding ortho intramolecular Hbond substituents is 1. The molecule has 8 nitrogen and oxygen atoms in total. The molecule has 1 fully saturated rings. The Bertz CT molecular complexity index is 962. The van der Waals surface area contributed by atoms with E-state index in [9.17, 15) is 5.11 Å². The molecule has 4 rings (SSSR count). The number of fused-ring (bicyclic) bond motifs is 1. The van der Waals surface area contributed by atoms with Gasteiger partial charge in [-0.1, -0.05) is 0 Å². The molecule has 0 atom stereocenters. The first-order valence-electron chi connectivity index (χ1n) is 8.46. The molecule has 0 radical (unpaired) electrons. The summed E-state index contributed by atoms with van der Waals surface area (Å²) in [6.07, 6.45) is 1.67. The Kier molecular flexibility index (Phi) is 4.04. The minimum Gasteiger partial charge on any atom is -0.507 e. The first kappa shape index (κ1) is 16.5. The Morgan fingerprint density at radius 3 is 2.46 bits per heavy atom. The third kappa shape index (κ3) is 2.88. The number of anilines is 2. The number of rotatable bonds is 2. The van der Waals surface area contributed by atoms with Crippen LogP contribution in [-0.4, -0.2) is 51.3 Å². The molecule has 1 saturated heterocycles. The number of aryl methyl sites for hydroxylation is 2. The standard InChI is InChI=1S/C18H20N6O2/c1-10-7-12(8-11(2)15(10)25)13-9-20-16-14(21-13)17(23-18(19)22-16)24-3-5-26-6-4-24/h7-9,25H,3-6H2,1-2H3,(H2,19,20,22,23). The fraction of sp³-hybridized carbons (Fsp3) is 0.333. The number of phenols is 1. The molecule has 0 aliphatic carbocycles. The zero-order valence-corrected chi connectivity index (χ0v) is 14.7. The van der Waals surface area contributed by atoms with Gasteiger partial charge in [-0.2, -0.15) is 9.97 Å². The van der Waals surface area contributed by atoms with Crippen molar-refractivity contribution in [2.45, 2.75) is 13.8 Å². The van der Waals surface area contributed by atoms with Crippen LogP contribution in [0.15, 0.2) is 18.3 Å². The molecule has 3 aromatic rings. The molecule has 1 aromatic carbocycles. The maximum Gasteiger partial charge on any atom is 0.224 e. The highest BCUT2D eigenvalue weighted by Crippen LogP contribution is 2.30. The van der Waals surface area contributed by atoms with Gasteiger partial charge in [-0.05, 0) is 37.1 Å². The Balaban J connectivity index is 1.87. The third-order valence-electron chi connectivity index (χ3n) is 4.50. The fourth-order valence-electron chi connectivity index (χ4n) is 3.15. The van der Waals surface area contributed by atoms with E-state index in [1.165, 1.54) is 0 Å². The average Bonchev–Trinajstić information content (AvgIpc) is 2.65. The zero-order chi connectivity index (χ0) is 18.3. The maximum absolute atomic E-state index is 10.0. The maximum atomic E-state index is 10.0. The minimum atomic E-state index is 0.178. The molecule has 3 N–H and O–H groups in total. The van der Waals surface area contributed by atoms with E-state index in [4.69, 9.17) is 15.5 Å². The number of hydrogen-bond acceptors (Lipinski definition) is 8. The Labute approximate surface area is 150 Å². The number of hydrogen-bond donors (Lipinski definition) is 2. The van der Waals surface area contributed by atoms with Gasteiger partial charge in [0.15, 0.2) is 17.0 Å². The van der Waals surface area contributed by atoms with E-state index in [0.29, 0.717) is 41.6 Å². The lowest BCUT2D eigenvalue weighted by Crippen LogP contribution is -2.37. The van der Waals surface area contributed by atoms with Gasteiger partial charge in [0.05, 0.1) is 25.1 Å². The SMILES string of the molecule is Cc1cc(-c2cnc3nc(N)nc(N4CCOCC4)c3n2)cc(C)c1O. The topological polar surface area (TPSA) is 110 Å². The Morgan fingerprint density at radius 2 is 1.77 bits per heavy atom. The summed E-state index contributed by atoms with van der Waals surface area (Å²) in [6, 6.07) is 3.79. The monoisotopic (exact) mass is 352 g/mol. The second kappa shape index (κ2) is 6.38. The molecular formula is C18H20N6O2. The predicted octanol–water partition coefficient (Wildman–Crippen LogP) is 1.83. The number of nitrogens with zero attached hydrogens (tertiary/aromatic N) is 5. The minimum absolute atomic E-state index is 0.178. The van der Waals surface area contributed by atoms with Gasteiger partial charge in [0, 0.05) is 18.7 Å². The number of benzene rings is 1. The van der Waals surface area contributed by atoms with Crippen molar-refractivity contribution >= 4 is 22.9 Å². The number of morpholine rings is 1. The number of aromatic hydroxyl groups is 1. The summed E-state index contributed by atoms with van der Waals surface area (Å²) in [5.74, 6) is 1.15. The van der Waals surface area contributed by atoms with Crippen molar-refractivity contribution in [1.29, 1.82) is 0 Å². The first-order chi connectivity index (χ1) is 12.5. The van der Waals surface area contributed by atoms with Crippen LogP contribution in [0.1, 0.15) is 11.1 Å². The molecule has 8 heteroatoms. The molecule has 3 heterocycles. The van der Waals surface area contributed by atoms with E-state index >= 15 is 0 Å². The van der Waals surface area contributed by atoms with E-state index in [0.717, 1.165) is 29.8 Å². The van der Waals surface area contributed by atoms with Crippen LogP contribution < -0.4 is 10.6 Å². The highest BCUT2D eigenvalue weighted by atomic mass is 16.5. The molecule has 26 heavy (non-hydrogen) atoms. The summed E-state index contributed by atoms with van der Waals surface area (Å²) in [4.78, 5) is 19.9.